The molecule has 1 saturated heterocycles. The van der Waals surface area contributed by atoms with Crippen LogP contribution in [0.5, 0.6) is 0 Å². The molecular formula is C16H20N4O7S3. The fraction of sp³-hybridized carbons (Fsp3) is 0.250. The first-order valence-corrected chi connectivity index (χ1v) is 13.1. The van der Waals surface area contributed by atoms with Gasteiger partial charge in [-0.1, -0.05) is 6.07 Å². The smallest absolute Gasteiger partial charge is 0.296 e. The summed E-state index contributed by atoms with van der Waals surface area (Å²) in [5.74, 6) is 0. The number of nitrogens with two attached hydrogens (primary N) is 1. The summed E-state index contributed by atoms with van der Waals surface area (Å²) < 4.78 is 83.5. The molecule has 3 rings (SSSR count). The number of ether oxygens (including phenoxy) is 1. The van der Waals surface area contributed by atoms with E-state index in [0.29, 0.717) is 13.2 Å². The Kier molecular flexibility index (Phi) is 6.35. The highest BCUT2D eigenvalue weighted by Crippen LogP contribution is 2.22. The van der Waals surface area contributed by atoms with Crippen molar-refractivity contribution < 1.29 is 30.0 Å². The number of morpholine rings is 1. The monoisotopic (exact) mass is 476 g/mol. The van der Waals surface area contributed by atoms with Gasteiger partial charge in [-0.3, -0.25) is 9.44 Å². The molecule has 14 heteroatoms. The van der Waals surface area contributed by atoms with Crippen LogP contribution in [0, 0.1) is 0 Å². The third-order valence-electron chi connectivity index (χ3n) is 4.12. The van der Waals surface area contributed by atoms with Crippen LogP contribution in [0.1, 0.15) is 0 Å². The number of nitrogens with zero attached hydrogens (tertiary/aromatic N) is 1. The molecular weight excluding hydrogens is 456 g/mol. The molecule has 1 fully saturated rings. The van der Waals surface area contributed by atoms with Crippen molar-refractivity contribution in [1.82, 2.24) is 4.31 Å². The van der Waals surface area contributed by atoms with Crippen molar-refractivity contribution in [3.63, 3.8) is 0 Å². The van der Waals surface area contributed by atoms with E-state index in [4.69, 9.17) is 9.88 Å². The van der Waals surface area contributed by atoms with Crippen LogP contribution in [0.3, 0.4) is 0 Å². The Morgan fingerprint density at radius 3 is 1.90 bits per heavy atom. The molecule has 0 bridgehead atoms. The van der Waals surface area contributed by atoms with Crippen LogP contribution in [0.4, 0.5) is 11.4 Å². The van der Waals surface area contributed by atoms with E-state index >= 15 is 0 Å². The second kappa shape index (κ2) is 8.49. The van der Waals surface area contributed by atoms with Crippen LogP contribution >= 0.6 is 0 Å². The lowest BCUT2D eigenvalue weighted by Gasteiger charge is -2.26. The molecule has 2 aromatic carbocycles. The summed E-state index contributed by atoms with van der Waals surface area (Å²) in [6, 6.07) is 10.3. The van der Waals surface area contributed by atoms with Crippen molar-refractivity contribution in [1.29, 1.82) is 0 Å². The van der Waals surface area contributed by atoms with E-state index in [1.165, 1.54) is 52.8 Å². The Labute approximate surface area is 175 Å². The first-order chi connectivity index (χ1) is 14.0. The minimum atomic E-state index is -4.05. The van der Waals surface area contributed by atoms with E-state index in [0.717, 1.165) is 0 Å². The summed E-state index contributed by atoms with van der Waals surface area (Å²) in [5.41, 5.74) is 0.165. The molecule has 4 N–H and O–H groups in total. The second-order valence-corrected chi connectivity index (χ2v) is 11.2. The summed E-state index contributed by atoms with van der Waals surface area (Å²) in [4.78, 5) is -0.184. The molecule has 0 spiro atoms. The van der Waals surface area contributed by atoms with Gasteiger partial charge in [0.1, 0.15) is 0 Å². The Morgan fingerprint density at radius 2 is 1.33 bits per heavy atom. The van der Waals surface area contributed by atoms with Gasteiger partial charge >= 0.3 is 0 Å². The molecule has 30 heavy (non-hydrogen) atoms. The van der Waals surface area contributed by atoms with Crippen molar-refractivity contribution in [2.45, 2.75) is 9.79 Å². The summed E-state index contributed by atoms with van der Waals surface area (Å²) in [6.07, 6.45) is 0. The Bertz CT molecular complexity index is 1220. The number of hydrogen-bond donors (Lipinski definition) is 3. The van der Waals surface area contributed by atoms with Crippen molar-refractivity contribution in [2.75, 3.05) is 35.7 Å². The van der Waals surface area contributed by atoms with E-state index in [1.54, 1.807) is 0 Å². The van der Waals surface area contributed by atoms with Crippen LogP contribution in [0.15, 0.2) is 58.3 Å². The molecule has 1 aliphatic heterocycles. The molecule has 0 amide bonds. The van der Waals surface area contributed by atoms with E-state index in [2.05, 4.69) is 4.72 Å². The fourth-order valence-corrected chi connectivity index (χ4v) is 5.66. The van der Waals surface area contributed by atoms with Gasteiger partial charge in [0.05, 0.1) is 34.4 Å². The molecule has 0 radical (unpaired) electrons. The lowest BCUT2D eigenvalue weighted by molar-refractivity contribution is 0.0730. The Morgan fingerprint density at radius 1 is 0.800 bits per heavy atom. The lowest BCUT2D eigenvalue weighted by atomic mass is 10.3. The Hall–Kier alpha value is -2.23. The molecule has 0 atom stereocenters. The number of hydrogen-bond acceptors (Lipinski definition) is 7. The van der Waals surface area contributed by atoms with Gasteiger partial charge in [-0.05, 0) is 42.5 Å². The molecule has 1 heterocycles. The van der Waals surface area contributed by atoms with Crippen LogP contribution in [-0.2, 0) is 35.0 Å². The zero-order valence-corrected chi connectivity index (χ0v) is 18.0. The van der Waals surface area contributed by atoms with Gasteiger partial charge in [-0.2, -0.15) is 12.7 Å². The highest BCUT2D eigenvalue weighted by atomic mass is 32.2. The lowest BCUT2D eigenvalue weighted by Crippen LogP contribution is -2.40. The highest BCUT2D eigenvalue weighted by molar-refractivity contribution is 7.92. The predicted molar refractivity (Wildman–Crippen MR) is 110 cm³/mol. The average molecular weight is 477 g/mol. The quantitative estimate of drug-likeness (QED) is 0.511. The highest BCUT2D eigenvalue weighted by Gasteiger charge is 2.26. The number of rotatable bonds is 7. The van der Waals surface area contributed by atoms with Crippen molar-refractivity contribution in [2.24, 2.45) is 5.14 Å². The predicted octanol–water partition coefficient (Wildman–Crippen LogP) is 0.124. The summed E-state index contributed by atoms with van der Waals surface area (Å²) in [5, 5.41) is 4.90. The van der Waals surface area contributed by atoms with Crippen LogP contribution in [0.25, 0.3) is 0 Å². The maximum absolute atomic E-state index is 12.6. The number of anilines is 2. The van der Waals surface area contributed by atoms with Crippen molar-refractivity contribution in [3.8, 4) is 0 Å². The molecule has 0 unspecified atom stereocenters. The van der Waals surface area contributed by atoms with Crippen molar-refractivity contribution >= 4 is 41.6 Å². The first-order valence-electron chi connectivity index (χ1n) is 8.59. The maximum atomic E-state index is 12.6. The van der Waals surface area contributed by atoms with Gasteiger partial charge in [0.2, 0.25) is 10.0 Å². The van der Waals surface area contributed by atoms with Gasteiger partial charge in [0, 0.05) is 13.1 Å². The minimum absolute atomic E-state index is 0.0253. The van der Waals surface area contributed by atoms with Gasteiger partial charge < -0.3 is 4.74 Å². The van der Waals surface area contributed by atoms with Crippen molar-refractivity contribution in [3.05, 3.63) is 48.5 Å². The zero-order valence-electron chi connectivity index (χ0n) is 15.6. The summed E-state index contributed by atoms with van der Waals surface area (Å²) in [7, 11) is -11.8. The zero-order chi connectivity index (χ0) is 22.0. The van der Waals surface area contributed by atoms with Gasteiger partial charge in [0.15, 0.2) is 0 Å². The normalized spacial score (nSPS) is 16.2. The third kappa shape index (κ3) is 5.47. The molecule has 164 valence electrons. The molecule has 0 saturated carbocycles. The Balaban J connectivity index is 1.79. The molecule has 11 nitrogen and oxygen atoms in total. The van der Waals surface area contributed by atoms with E-state index in [-0.39, 0.29) is 34.3 Å². The molecule has 2 aromatic rings. The summed E-state index contributed by atoms with van der Waals surface area (Å²) in [6.45, 7) is 1.06. The number of nitrogens with one attached hydrogen (secondary N) is 2. The SMILES string of the molecule is NS(=O)(=O)Nc1cccc(NS(=O)(=O)c2ccc(S(=O)(=O)N3CCOCC3)cc2)c1. The van der Waals surface area contributed by atoms with E-state index in [1.807, 2.05) is 4.72 Å². The third-order valence-corrected chi connectivity index (χ3v) is 7.95. The van der Waals surface area contributed by atoms with Gasteiger partial charge in [-0.15, -0.1) is 0 Å². The molecule has 0 aromatic heterocycles. The summed E-state index contributed by atoms with van der Waals surface area (Å²) >= 11 is 0. The standard InChI is InChI=1S/C16H20N4O7S3/c17-30(25,26)19-14-3-1-2-13(12-14)18-28(21,22)15-4-6-16(7-5-15)29(23,24)20-8-10-27-11-9-20/h1-7,12,18-19H,8-11H2,(H2,17,25,26). The van der Waals surface area contributed by atoms with Crippen LogP contribution in [-0.4, -0.2) is 55.9 Å². The topological polar surface area (TPSA) is 165 Å². The average Bonchev–Trinajstić information content (AvgIpc) is 2.67. The number of benzene rings is 2. The number of sulfonamides is 2. The maximum Gasteiger partial charge on any atom is 0.296 e. The van der Waals surface area contributed by atoms with Gasteiger partial charge in [-0.25, -0.2) is 22.0 Å². The van der Waals surface area contributed by atoms with Gasteiger partial charge in [0.25, 0.3) is 20.2 Å². The first kappa shape index (κ1) is 22.5. The van der Waals surface area contributed by atoms with E-state index in [9.17, 15) is 25.3 Å². The molecule has 0 aliphatic carbocycles. The minimum Gasteiger partial charge on any atom is -0.379 e. The van der Waals surface area contributed by atoms with E-state index < -0.39 is 30.3 Å². The second-order valence-electron chi connectivity index (χ2n) is 6.32. The van der Waals surface area contributed by atoms with Crippen LogP contribution < -0.4 is 14.6 Å². The van der Waals surface area contributed by atoms with Crippen LogP contribution in [0.2, 0.25) is 0 Å². The molecule has 1 aliphatic rings. The fourth-order valence-electron chi connectivity index (χ4n) is 2.75. The largest absolute Gasteiger partial charge is 0.379 e.